The summed E-state index contributed by atoms with van der Waals surface area (Å²) >= 11 is 0. The van der Waals surface area contributed by atoms with Gasteiger partial charge in [-0.05, 0) is 140 Å². The Kier molecular flexibility index (Phi) is 8.26. The number of hydrogen-bond acceptors (Lipinski definition) is 4. The van der Waals surface area contributed by atoms with Gasteiger partial charge in [-0.3, -0.25) is 0 Å². The van der Waals surface area contributed by atoms with E-state index in [-0.39, 0.29) is 13.1 Å². The van der Waals surface area contributed by atoms with Crippen LogP contribution in [0.25, 0.3) is 0 Å². The molecule has 10 aliphatic rings. The van der Waals surface area contributed by atoms with Gasteiger partial charge in [0.05, 0.1) is 8.07 Å². The molecular weight excluding hydrogens is 614 g/mol. The fourth-order valence-corrected chi connectivity index (χ4v) is 21.1. The predicted molar refractivity (Wildman–Crippen MR) is 203 cm³/mol. The molecule has 3 atom stereocenters. The first kappa shape index (κ1) is 32.1. The number of benzene rings is 1. The van der Waals surface area contributed by atoms with Gasteiger partial charge < -0.3 is 21.3 Å². The fourth-order valence-electron chi connectivity index (χ4n) is 14.0. The molecule has 0 amide bonds. The lowest BCUT2D eigenvalue weighted by Gasteiger charge is -2.67. The second-order valence-corrected chi connectivity index (χ2v) is 28.4. The lowest BCUT2D eigenvalue weighted by Crippen LogP contribution is -2.67. The average Bonchev–Trinajstić information content (AvgIpc) is 3.02. The van der Waals surface area contributed by atoms with E-state index in [1.165, 1.54) is 6.16 Å². The topological polar surface area (TPSA) is 48.1 Å². The highest BCUT2D eigenvalue weighted by atomic mass is 31.1. The zero-order valence-corrected chi connectivity index (χ0v) is 32.4. The van der Waals surface area contributed by atoms with Crippen LogP contribution < -0.4 is 26.5 Å². The maximum Gasteiger partial charge on any atom is 0.0776 e. The number of hydrogen-bond donors (Lipinski definition) is 4. The Morgan fingerprint density at radius 3 is 1.50 bits per heavy atom. The molecule has 3 unspecified atom stereocenters. The van der Waals surface area contributed by atoms with Gasteiger partial charge in [-0.2, -0.15) is 0 Å². The maximum absolute atomic E-state index is 4.08. The van der Waals surface area contributed by atoms with Gasteiger partial charge in [0.1, 0.15) is 0 Å². The van der Waals surface area contributed by atoms with Crippen molar-refractivity contribution in [1.29, 1.82) is 0 Å². The number of rotatable bonds is 8. The summed E-state index contributed by atoms with van der Waals surface area (Å²) in [5, 5.41) is 18.7. The molecule has 2 saturated heterocycles. The Hall–Kier alpha value is 0.137. The summed E-state index contributed by atoms with van der Waals surface area (Å²) in [6, 6.07) is 8.95. The molecule has 11 rings (SSSR count). The minimum Gasteiger partial charge on any atom is -0.314 e. The summed E-state index contributed by atoms with van der Waals surface area (Å²) < 4.78 is 0. The standard InChI is InChI=1S/C39H64N4P2Si/c1-46(2,3)33-5-4-32(34(16-33)39(44,35-23-40-6-8-42-35)36-24-41-7-9-43-36)25-45(37-17-26-10-27(18-37)12-28(11-26)19-37)38-20-29-13-30(21-38)15-31(14-29)22-38/h4-5,16,26-31,35-36,40-43H,6-15,17-25,44H2,1-3H3. The molecule has 46 heavy (non-hydrogen) atoms. The van der Waals surface area contributed by atoms with E-state index >= 15 is 0 Å². The van der Waals surface area contributed by atoms with Crippen molar-refractivity contribution >= 4 is 30.4 Å². The van der Waals surface area contributed by atoms with Crippen LogP contribution >= 0.6 is 17.2 Å². The smallest absolute Gasteiger partial charge is 0.0776 e. The highest BCUT2D eigenvalue weighted by Crippen LogP contribution is 2.79. The largest absolute Gasteiger partial charge is 0.314 e. The Balaban J connectivity index is 1.18. The van der Waals surface area contributed by atoms with Crippen molar-refractivity contribution in [3.63, 3.8) is 0 Å². The molecule has 8 aliphatic carbocycles. The maximum atomic E-state index is 4.08. The van der Waals surface area contributed by atoms with Crippen LogP contribution in [-0.4, -0.2) is 69.7 Å². The van der Waals surface area contributed by atoms with E-state index in [9.17, 15) is 0 Å². The lowest BCUT2D eigenvalue weighted by molar-refractivity contribution is 0.0184. The van der Waals surface area contributed by atoms with E-state index in [0.29, 0.717) is 22.4 Å². The second kappa shape index (κ2) is 11.9. The van der Waals surface area contributed by atoms with Crippen molar-refractivity contribution in [2.24, 2.45) is 35.5 Å². The molecule has 8 saturated carbocycles. The van der Waals surface area contributed by atoms with Crippen LogP contribution in [0.2, 0.25) is 19.6 Å². The Morgan fingerprint density at radius 1 is 0.696 bits per heavy atom. The third kappa shape index (κ3) is 5.42. The van der Waals surface area contributed by atoms with Crippen LogP contribution in [0.4, 0.5) is 0 Å². The van der Waals surface area contributed by atoms with Crippen molar-refractivity contribution in [1.82, 2.24) is 21.3 Å². The van der Waals surface area contributed by atoms with E-state index < -0.39 is 8.07 Å². The van der Waals surface area contributed by atoms with Gasteiger partial charge in [-0.1, -0.05) is 50.9 Å². The van der Waals surface area contributed by atoms with Crippen LogP contribution in [0.1, 0.15) is 88.2 Å². The highest BCUT2D eigenvalue weighted by Gasteiger charge is 2.62. The monoisotopic (exact) mass is 678 g/mol. The fraction of sp³-hybridized carbons (Fsp3) is 0.846. The quantitative estimate of drug-likeness (QED) is 0.192. The molecule has 4 nitrogen and oxygen atoms in total. The molecule has 2 aliphatic heterocycles. The first-order valence-electron chi connectivity index (χ1n) is 19.7. The third-order valence-corrected chi connectivity index (χ3v) is 22.4. The van der Waals surface area contributed by atoms with E-state index in [1.807, 2.05) is 0 Å². The molecule has 0 radical (unpaired) electrons. The van der Waals surface area contributed by atoms with Crippen molar-refractivity contribution in [3.05, 3.63) is 29.3 Å². The minimum atomic E-state index is -1.50. The Labute approximate surface area is 285 Å². The summed E-state index contributed by atoms with van der Waals surface area (Å²) in [6.45, 7) is 14.1. The summed E-state index contributed by atoms with van der Waals surface area (Å²) in [4.78, 5) is 0. The van der Waals surface area contributed by atoms with Gasteiger partial charge in [0.15, 0.2) is 0 Å². The normalized spacial score (nSPS) is 45.1. The first-order chi connectivity index (χ1) is 22.1. The molecule has 0 aromatic heterocycles. The molecule has 1 aromatic rings. The Morgan fingerprint density at radius 2 is 1.13 bits per heavy atom. The number of nitrogens with one attached hydrogen (secondary N) is 4. The molecule has 4 N–H and O–H groups in total. The van der Waals surface area contributed by atoms with Crippen molar-refractivity contribution in [2.45, 2.75) is 130 Å². The van der Waals surface area contributed by atoms with Crippen LogP contribution in [0.3, 0.4) is 0 Å². The summed E-state index contributed by atoms with van der Waals surface area (Å²) in [7, 11) is 1.99. The molecular formula is C39H64N4P2Si. The van der Waals surface area contributed by atoms with Gasteiger partial charge >= 0.3 is 0 Å². The van der Waals surface area contributed by atoms with Crippen LogP contribution in [0.15, 0.2) is 18.2 Å². The highest BCUT2D eigenvalue weighted by molar-refractivity contribution is 7.60. The molecule has 10 fully saturated rings. The van der Waals surface area contributed by atoms with Gasteiger partial charge in [0, 0.05) is 56.5 Å². The van der Waals surface area contributed by atoms with Crippen LogP contribution in [0.5, 0.6) is 0 Å². The SMILES string of the molecule is C[Si](C)(C)c1ccc(CP(C23CC4CC(CC(C4)C2)C3)C23CC4CC(CC(C4)C2)C3)c(C(P)(C2CNCCN2)C2CNCCN2)c1. The van der Waals surface area contributed by atoms with E-state index in [2.05, 4.69) is 68.3 Å². The van der Waals surface area contributed by atoms with Gasteiger partial charge in [-0.15, -0.1) is 9.24 Å². The van der Waals surface area contributed by atoms with Crippen molar-refractivity contribution in [2.75, 3.05) is 39.3 Å². The summed E-state index contributed by atoms with van der Waals surface area (Å²) in [6.07, 6.45) is 20.5. The average molecular weight is 679 g/mol. The Bertz CT molecular complexity index is 1160. The van der Waals surface area contributed by atoms with E-state index in [0.717, 1.165) is 74.8 Å². The zero-order chi connectivity index (χ0) is 31.3. The first-order valence-corrected chi connectivity index (χ1v) is 25.3. The molecule has 0 spiro atoms. The molecule has 7 heteroatoms. The molecule has 1 aromatic carbocycles. The second-order valence-electron chi connectivity index (χ2n) is 19.3. The predicted octanol–water partition coefficient (Wildman–Crippen LogP) is 6.34. The molecule has 8 bridgehead atoms. The lowest BCUT2D eigenvalue weighted by atomic mass is 9.55. The zero-order valence-electron chi connectivity index (χ0n) is 29.3. The molecule has 2 heterocycles. The van der Waals surface area contributed by atoms with Crippen molar-refractivity contribution in [3.8, 4) is 0 Å². The summed E-state index contributed by atoms with van der Waals surface area (Å²) in [5.74, 6) is 6.30. The van der Waals surface area contributed by atoms with Crippen LogP contribution in [-0.2, 0) is 11.3 Å². The summed E-state index contributed by atoms with van der Waals surface area (Å²) in [5.41, 5.74) is 3.45. The van der Waals surface area contributed by atoms with E-state index in [4.69, 9.17) is 0 Å². The van der Waals surface area contributed by atoms with Gasteiger partial charge in [-0.25, -0.2) is 0 Å². The van der Waals surface area contributed by atoms with E-state index in [1.54, 1.807) is 93.4 Å². The van der Waals surface area contributed by atoms with Crippen LogP contribution in [0, 0.1) is 35.5 Å². The van der Waals surface area contributed by atoms with Gasteiger partial charge in [0.25, 0.3) is 0 Å². The molecule has 254 valence electrons. The van der Waals surface area contributed by atoms with Gasteiger partial charge in [0.2, 0.25) is 0 Å². The van der Waals surface area contributed by atoms with Crippen molar-refractivity contribution < 1.29 is 0 Å². The minimum absolute atomic E-state index is 0.0459. The third-order valence-electron chi connectivity index (χ3n) is 15.2. The number of piperazine rings is 2.